The minimum atomic E-state index is -0.310. The van der Waals surface area contributed by atoms with E-state index >= 15 is 0 Å². The summed E-state index contributed by atoms with van der Waals surface area (Å²) in [4.78, 5) is 24.8. The van der Waals surface area contributed by atoms with Crippen LogP contribution in [-0.4, -0.2) is 62.7 Å². The molecule has 6 heteroatoms. The Kier molecular flexibility index (Phi) is 7.36. The van der Waals surface area contributed by atoms with Gasteiger partial charge in [-0.15, -0.1) is 0 Å². The van der Waals surface area contributed by atoms with E-state index in [9.17, 15) is 9.59 Å². The van der Waals surface area contributed by atoms with Crippen molar-refractivity contribution in [3.63, 3.8) is 0 Å². The van der Waals surface area contributed by atoms with Crippen LogP contribution < -0.4 is 10.6 Å². The van der Waals surface area contributed by atoms with Gasteiger partial charge in [0.1, 0.15) is 0 Å². The Hall–Kier alpha value is -1.14. The predicted molar refractivity (Wildman–Crippen MR) is 68.2 cm³/mol. The van der Waals surface area contributed by atoms with E-state index in [-0.39, 0.29) is 24.7 Å². The first kappa shape index (κ1) is 14.9. The molecule has 104 valence electrons. The zero-order valence-electron chi connectivity index (χ0n) is 11.0. The zero-order chi connectivity index (χ0) is 13.2. The molecule has 18 heavy (non-hydrogen) atoms. The summed E-state index contributed by atoms with van der Waals surface area (Å²) >= 11 is 0. The predicted octanol–water partition coefficient (Wildman–Crippen LogP) is -0.649. The second-order valence-corrected chi connectivity index (χ2v) is 4.25. The summed E-state index contributed by atoms with van der Waals surface area (Å²) in [6, 6.07) is 0. The summed E-state index contributed by atoms with van der Waals surface area (Å²) < 4.78 is 4.76. The van der Waals surface area contributed by atoms with E-state index in [0.29, 0.717) is 13.2 Å². The van der Waals surface area contributed by atoms with Crippen LogP contribution in [0, 0.1) is 0 Å². The van der Waals surface area contributed by atoms with Crippen LogP contribution >= 0.6 is 0 Å². The van der Waals surface area contributed by atoms with Gasteiger partial charge < -0.3 is 15.4 Å². The average Bonchev–Trinajstić information content (AvgIpc) is 2.38. The molecule has 1 aliphatic heterocycles. The van der Waals surface area contributed by atoms with Gasteiger partial charge in [0, 0.05) is 45.7 Å². The van der Waals surface area contributed by atoms with Crippen molar-refractivity contribution in [2.75, 3.05) is 45.9 Å². The molecule has 1 fully saturated rings. The van der Waals surface area contributed by atoms with Gasteiger partial charge in [-0.05, 0) is 6.92 Å². The fourth-order valence-electron chi connectivity index (χ4n) is 1.83. The lowest BCUT2D eigenvalue weighted by Gasteiger charge is -2.27. The standard InChI is InChI=1S/C12H23N3O3/c1-2-18-12(17)4-3-11(16)14-7-10-15-8-5-13-6-9-15/h13H,2-10H2,1H3,(H,14,16). The minimum Gasteiger partial charge on any atom is -0.466 e. The number of hydrogen-bond acceptors (Lipinski definition) is 5. The van der Waals surface area contributed by atoms with Crippen molar-refractivity contribution < 1.29 is 14.3 Å². The summed E-state index contributed by atoms with van der Waals surface area (Å²) in [6.07, 6.45) is 0.369. The highest BCUT2D eigenvalue weighted by Crippen LogP contribution is 1.94. The molecule has 1 aliphatic rings. The van der Waals surface area contributed by atoms with Crippen LogP contribution in [0.2, 0.25) is 0 Å². The molecule has 1 heterocycles. The summed E-state index contributed by atoms with van der Waals surface area (Å²) in [6.45, 7) is 7.70. The van der Waals surface area contributed by atoms with Crippen molar-refractivity contribution in [1.82, 2.24) is 15.5 Å². The first-order valence-electron chi connectivity index (χ1n) is 6.57. The maximum Gasteiger partial charge on any atom is 0.306 e. The molecule has 0 bridgehead atoms. The summed E-state index contributed by atoms with van der Waals surface area (Å²) in [5, 5.41) is 6.10. The van der Waals surface area contributed by atoms with Crippen LogP contribution in [0.25, 0.3) is 0 Å². The second kappa shape index (κ2) is 8.88. The highest BCUT2D eigenvalue weighted by atomic mass is 16.5. The maximum absolute atomic E-state index is 11.4. The van der Waals surface area contributed by atoms with Crippen LogP contribution in [0.3, 0.4) is 0 Å². The number of hydrogen-bond donors (Lipinski definition) is 2. The lowest BCUT2D eigenvalue weighted by atomic mass is 10.3. The molecule has 2 N–H and O–H groups in total. The monoisotopic (exact) mass is 257 g/mol. The molecular formula is C12H23N3O3. The smallest absolute Gasteiger partial charge is 0.306 e. The number of carbonyl (C=O) groups is 2. The maximum atomic E-state index is 11.4. The van der Waals surface area contributed by atoms with Crippen LogP contribution in [-0.2, 0) is 14.3 Å². The van der Waals surface area contributed by atoms with E-state index in [4.69, 9.17) is 4.74 Å². The summed E-state index contributed by atoms with van der Waals surface area (Å²) in [7, 11) is 0. The number of nitrogens with one attached hydrogen (secondary N) is 2. The third-order valence-corrected chi connectivity index (χ3v) is 2.82. The number of piperazine rings is 1. The Morgan fingerprint density at radius 1 is 1.28 bits per heavy atom. The number of ether oxygens (including phenoxy) is 1. The molecule has 1 amide bonds. The molecule has 0 unspecified atom stereocenters. The minimum absolute atomic E-state index is 0.0850. The Bertz CT molecular complexity index is 265. The molecule has 0 aromatic heterocycles. The number of amides is 1. The Morgan fingerprint density at radius 2 is 2.00 bits per heavy atom. The van der Waals surface area contributed by atoms with Gasteiger partial charge in [0.05, 0.1) is 13.0 Å². The van der Waals surface area contributed by atoms with Gasteiger partial charge in [0.25, 0.3) is 0 Å². The van der Waals surface area contributed by atoms with Gasteiger partial charge in [-0.2, -0.15) is 0 Å². The van der Waals surface area contributed by atoms with Gasteiger partial charge >= 0.3 is 5.97 Å². The average molecular weight is 257 g/mol. The quantitative estimate of drug-likeness (QED) is 0.593. The van der Waals surface area contributed by atoms with Crippen molar-refractivity contribution in [3.05, 3.63) is 0 Å². The van der Waals surface area contributed by atoms with Crippen molar-refractivity contribution in [2.24, 2.45) is 0 Å². The van der Waals surface area contributed by atoms with Gasteiger partial charge in [-0.25, -0.2) is 0 Å². The van der Waals surface area contributed by atoms with Gasteiger partial charge in [-0.1, -0.05) is 0 Å². The Balaban J connectivity index is 2.00. The molecule has 0 spiro atoms. The van der Waals surface area contributed by atoms with E-state index < -0.39 is 0 Å². The Morgan fingerprint density at radius 3 is 2.67 bits per heavy atom. The summed E-state index contributed by atoms with van der Waals surface area (Å²) in [5.41, 5.74) is 0. The van der Waals surface area contributed by atoms with Crippen molar-refractivity contribution >= 4 is 11.9 Å². The number of nitrogens with zero attached hydrogens (tertiary/aromatic N) is 1. The largest absolute Gasteiger partial charge is 0.466 e. The van der Waals surface area contributed by atoms with Crippen LogP contribution in [0.15, 0.2) is 0 Å². The zero-order valence-corrected chi connectivity index (χ0v) is 11.0. The number of esters is 1. The first-order chi connectivity index (χ1) is 8.72. The van der Waals surface area contributed by atoms with Gasteiger partial charge in [0.2, 0.25) is 5.91 Å². The van der Waals surface area contributed by atoms with Crippen molar-refractivity contribution in [3.8, 4) is 0 Å². The van der Waals surface area contributed by atoms with E-state index in [0.717, 1.165) is 32.7 Å². The van der Waals surface area contributed by atoms with E-state index in [1.54, 1.807) is 6.92 Å². The molecular weight excluding hydrogens is 234 g/mol. The normalized spacial score (nSPS) is 16.3. The highest BCUT2D eigenvalue weighted by molar-refractivity contribution is 5.81. The topological polar surface area (TPSA) is 70.7 Å². The highest BCUT2D eigenvalue weighted by Gasteiger charge is 2.10. The van der Waals surface area contributed by atoms with Crippen LogP contribution in [0.5, 0.6) is 0 Å². The lowest BCUT2D eigenvalue weighted by Crippen LogP contribution is -2.46. The van der Waals surface area contributed by atoms with Crippen LogP contribution in [0.1, 0.15) is 19.8 Å². The third kappa shape index (κ3) is 6.56. The van der Waals surface area contributed by atoms with Crippen molar-refractivity contribution in [1.29, 1.82) is 0 Å². The molecule has 0 atom stereocenters. The Labute approximate surface area is 108 Å². The van der Waals surface area contributed by atoms with E-state index in [1.807, 2.05) is 0 Å². The molecule has 0 saturated carbocycles. The molecule has 0 radical (unpaired) electrons. The third-order valence-electron chi connectivity index (χ3n) is 2.82. The van der Waals surface area contributed by atoms with E-state index in [1.165, 1.54) is 0 Å². The molecule has 6 nitrogen and oxygen atoms in total. The fraction of sp³-hybridized carbons (Fsp3) is 0.833. The number of rotatable bonds is 7. The molecule has 0 aliphatic carbocycles. The first-order valence-corrected chi connectivity index (χ1v) is 6.57. The molecule has 1 rings (SSSR count). The van der Waals surface area contributed by atoms with Crippen LogP contribution in [0.4, 0.5) is 0 Å². The molecule has 0 aromatic carbocycles. The van der Waals surface area contributed by atoms with E-state index in [2.05, 4.69) is 15.5 Å². The van der Waals surface area contributed by atoms with Gasteiger partial charge in [0.15, 0.2) is 0 Å². The SMILES string of the molecule is CCOC(=O)CCC(=O)NCCN1CCNCC1. The molecule has 1 saturated heterocycles. The fourth-order valence-corrected chi connectivity index (χ4v) is 1.83. The lowest BCUT2D eigenvalue weighted by molar-refractivity contribution is -0.144. The number of carbonyl (C=O) groups excluding carboxylic acids is 2. The van der Waals surface area contributed by atoms with Crippen molar-refractivity contribution in [2.45, 2.75) is 19.8 Å². The molecule has 0 aromatic rings. The van der Waals surface area contributed by atoms with Gasteiger partial charge in [-0.3, -0.25) is 14.5 Å². The second-order valence-electron chi connectivity index (χ2n) is 4.25. The summed E-state index contributed by atoms with van der Waals surface area (Å²) in [5.74, 6) is -0.395.